The number of furan rings is 1. The molecule has 2 aromatic rings. The first-order valence-electron chi connectivity index (χ1n) is 5.34. The van der Waals surface area contributed by atoms with Crippen molar-refractivity contribution in [2.75, 3.05) is 23.9 Å². The van der Waals surface area contributed by atoms with E-state index in [4.69, 9.17) is 16.0 Å². The summed E-state index contributed by atoms with van der Waals surface area (Å²) in [5.74, 6) is 0.108. The fourth-order valence-corrected chi connectivity index (χ4v) is 2.21. The minimum atomic E-state index is -0.204. The lowest BCUT2D eigenvalue weighted by Gasteiger charge is -2.20. The summed E-state index contributed by atoms with van der Waals surface area (Å²) in [5.41, 5.74) is 2.22. The van der Waals surface area contributed by atoms with Gasteiger partial charge < -0.3 is 14.2 Å². The smallest absolute Gasteiger partial charge is 0.296 e. The standard InChI is InChI=1S/C12H10ClN3O2/c1-15-7-3-4-18-11(7)12(17)16(2)9-6-14-10(13)5-8(9)15/h3-6H,1-2H3. The third kappa shape index (κ3) is 1.41. The number of nitrogens with zero attached hydrogens (tertiary/aromatic N) is 3. The molecule has 0 bridgehead atoms. The Hall–Kier alpha value is -2.01. The SMILES string of the molecule is CN1C(=O)c2occc2N(C)c2cc(Cl)ncc21. The van der Waals surface area contributed by atoms with Gasteiger partial charge in [0.2, 0.25) is 5.76 Å². The highest BCUT2D eigenvalue weighted by Crippen LogP contribution is 2.39. The molecule has 18 heavy (non-hydrogen) atoms. The van der Waals surface area contributed by atoms with Crippen LogP contribution < -0.4 is 9.80 Å². The number of halogens is 1. The Kier molecular flexibility index (Phi) is 2.31. The summed E-state index contributed by atoms with van der Waals surface area (Å²) in [6.45, 7) is 0. The second kappa shape index (κ2) is 3.74. The second-order valence-electron chi connectivity index (χ2n) is 4.05. The average Bonchev–Trinajstić information content (AvgIpc) is 2.82. The number of carbonyl (C=O) groups is 1. The van der Waals surface area contributed by atoms with Crippen molar-refractivity contribution in [1.29, 1.82) is 0 Å². The summed E-state index contributed by atoms with van der Waals surface area (Å²) in [7, 11) is 3.54. The average molecular weight is 264 g/mol. The molecular weight excluding hydrogens is 254 g/mol. The predicted molar refractivity (Wildman–Crippen MR) is 68.8 cm³/mol. The van der Waals surface area contributed by atoms with E-state index in [-0.39, 0.29) is 5.91 Å². The lowest BCUT2D eigenvalue weighted by molar-refractivity contribution is 0.0968. The highest BCUT2D eigenvalue weighted by atomic mass is 35.5. The van der Waals surface area contributed by atoms with Crippen LogP contribution in [0.1, 0.15) is 10.6 Å². The second-order valence-corrected chi connectivity index (χ2v) is 4.44. The molecule has 3 heterocycles. The Balaban J connectivity index is 2.30. The van der Waals surface area contributed by atoms with E-state index in [0.29, 0.717) is 22.3 Å². The van der Waals surface area contributed by atoms with Crippen molar-refractivity contribution in [3.05, 3.63) is 35.5 Å². The van der Waals surface area contributed by atoms with Gasteiger partial charge in [-0.3, -0.25) is 4.79 Å². The molecule has 0 spiro atoms. The number of anilines is 3. The molecule has 0 N–H and O–H groups in total. The van der Waals surface area contributed by atoms with Gasteiger partial charge in [-0.2, -0.15) is 0 Å². The number of hydrogen-bond acceptors (Lipinski definition) is 4. The minimum Gasteiger partial charge on any atom is -0.457 e. The molecule has 0 saturated heterocycles. The summed E-state index contributed by atoms with van der Waals surface area (Å²) in [6, 6.07) is 3.48. The topological polar surface area (TPSA) is 49.6 Å². The molecule has 6 heteroatoms. The minimum absolute atomic E-state index is 0.204. The van der Waals surface area contributed by atoms with E-state index in [1.54, 1.807) is 25.4 Å². The molecule has 1 amide bonds. The molecule has 3 rings (SSSR count). The van der Waals surface area contributed by atoms with Gasteiger partial charge in [-0.15, -0.1) is 0 Å². The Bertz CT molecular complexity index is 638. The van der Waals surface area contributed by atoms with Crippen LogP contribution in [0, 0.1) is 0 Å². The Labute approximate surface area is 109 Å². The van der Waals surface area contributed by atoms with Crippen molar-refractivity contribution in [3.63, 3.8) is 0 Å². The van der Waals surface area contributed by atoms with Crippen molar-refractivity contribution in [1.82, 2.24) is 4.98 Å². The van der Waals surface area contributed by atoms with Gasteiger partial charge in [0.05, 0.1) is 29.5 Å². The van der Waals surface area contributed by atoms with Crippen LogP contribution in [0.2, 0.25) is 5.15 Å². The number of carbonyl (C=O) groups excluding carboxylic acids is 1. The molecule has 92 valence electrons. The largest absolute Gasteiger partial charge is 0.457 e. The number of pyridine rings is 1. The van der Waals surface area contributed by atoms with Gasteiger partial charge in [0.15, 0.2) is 0 Å². The maximum atomic E-state index is 12.2. The summed E-state index contributed by atoms with van der Waals surface area (Å²) in [6.07, 6.45) is 3.08. The predicted octanol–water partition coefficient (Wildman–Crippen LogP) is 2.69. The van der Waals surface area contributed by atoms with Crippen molar-refractivity contribution in [2.45, 2.75) is 0 Å². The first-order valence-corrected chi connectivity index (χ1v) is 5.72. The van der Waals surface area contributed by atoms with Gasteiger partial charge in [0.1, 0.15) is 5.15 Å². The van der Waals surface area contributed by atoms with E-state index in [1.807, 2.05) is 11.9 Å². The molecule has 0 saturated carbocycles. The van der Waals surface area contributed by atoms with E-state index in [0.717, 1.165) is 5.69 Å². The van der Waals surface area contributed by atoms with Gasteiger partial charge in [-0.1, -0.05) is 11.6 Å². The van der Waals surface area contributed by atoms with Gasteiger partial charge in [0.25, 0.3) is 5.91 Å². The van der Waals surface area contributed by atoms with Crippen LogP contribution in [0.3, 0.4) is 0 Å². The summed E-state index contributed by atoms with van der Waals surface area (Å²) in [4.78, 5) is 19.6. The van der Waals surface area contributed by atoms with E-state index >= 15 is 0 Å². The van der Waals surface area contributed by atoms with Crippen molar-refractivity contribution >= 4 is 34.6 Å². The molecule has 0 radical (unpaired) electrons. The van der Waals surface area contributed by atoms with Gasteiger partial charge in [-0.25, -0.2) is 4.98 Å². The highest BCUT2D eigenvalue weighted by Gasteiger charge is 2.30. The van der Waals surface area contributed by atoms with E-state index in [1.165, 1.54) is 11.2 Å². The first-order chi connectivity index (χ1) is 8.59. The molecule has 0 fully saturated rings. The van der Waals surface area contributed by atoms with Crippen LogP contribution in [0.4, 0.5) is 17.1 Å². The van der Waals surface area contributed by atoms with Crippen LogP contribution in [-0.2, 0) is 0 Å². The number of hydrogen-bond donors (Lipinski definition) is 0. The van der Waals surface area contributed by atoms with Gasteiger partial charge >= 0.3 is 0 Å². The zero-order valence-electron chi connectivity index (χ0n) is 9.85. The fourth-order valence-electron chi connectivity index (χ4n) is 2.06. The lowest BCUT2D eigenvalue weighted by atomic mass is 10.3. The molecule has 0 unspecified atom stereocenters. The summed E-state index contributed by atoms with van der Waals surface area (Å²) < 4.78 is 5.26. The van der Waals surface area contributed by atoms with Crippen LogP contribution in [0.25, 0.3) is 0 Å². The van der Waals surface area contributed by atoms with Crippen LogP contribution in [0.15, 0.2) is 29.0 Å². The van der Waals surface area contributed by atoms with E-state index in [9.17, 15) is 4.79 Å². The maximum Gasteiger partial charge on any atom is 0.296 e. The molecule has 0 aliphatic carbocycles. The Morgan fingerprint density at radius 3 is 2.78 bits per heavy atom. The zero-order chi connectivity index (χ0) is 12.9. The van der Waals surface area contributed by atoms with Crippen LogP contribution in [-0.4, -0.2) is 25.0 Å². The van der Waals surface area contributed by atoms with Crippen LogP contribution in [0.5, 0.6) is 0 Å². The van der Waals surface area contributed by atoms with Crippen molar-refractivity contribution in [3.8, 4) is 0 Å². The number of amides is 1. The number of rotatable bonds is 0. The normalized spacial score (nSPS) is 14.3. The number of fused-ring (bicyclic) bond motifs is 2. The first kappa shape index (κ1) is 11.1. The molecule has 0 atom stereocenters. The lowest BCUT2D eigenvalue weighted by Crippen LogP contribution is -2.25. The highest BCUT2D eigenvalue weighted by molar-refractivity contribution is 6.30. The van der Waals surface area contributed by atoms with Gasteiger partial charge in [0, 0.05) is 26.2 Å². The Morgan fingerprint density at radius 2 is 2.00 bits per heavy atom. The fraction of sp³-hybridized carbons (Fsp3) is 0.167. The Morgan fingerprint density at radius 1 is 1.22 bits per heavy atom. The van der Waals surface area contributed by atoms with Gasteiger partial charge in [-0.05, 0) is 0 Å². The molecular formula is C12H10ClN3O2. The van der Waals surface area contributed by atoms with E-state index < -0.39 is 0 Å². The number of aromatic nitrogens is 1. The molecule has 2 aromatic heterocycles. The quantitative estimate of drug-likeness (QED) is 0.686. The summed E-state index contributed by atoms with van der Waals surface area (Å²) in [5, 5.41) is 0.383. The van der Waals surface area contributed by atoms with E-state index in [2.05, 4.69) is 4.98 Å². The molecule has 0 aromatic carbocycles. The van der Waals surface area contributed by atoms with Crippen molar-refractivity contribution < 1.29 is 9.21 Å². The zero-order valence-corrected chi connectivity index (χ0v) is 10.6. The molecule has 1 aliphatic heterocycles. The van der Waals surface area contributed by atoms with Crippen LogP contribution >= 0.6 is 11.6 Å². The third-order valence-corrected chi connectivity index (χ3v) is 3.26. The maximum absolute atomic E-state index is 12.2. The molecule has 5 nitrogen and oxygen atoms in total. The summed E-state index contributed by atoms with van der Waals surface area (Å²) >= 11 is 5.92. The van der Waals surface area contributed by atoms with Crippen molar-refractivity contribution in [2.24, 2.45) is 0 Å². The molecule has 1 aliphatic rings. The monoisotopic (exact) mass is 263 g/mol. The third-order valence-electron chi connectivity index (χ3n) is 3.06.